The van der Waals surface area contributed by atoms with Crippen molar-refractivity contribution in [3.05, 3.63) is 12.3 Å². The lowest BCUT2D eigenvalue weighted by molar-refractivity contribution is -0.0137. The van der Waals surface area contributed by atoms with Crippen LogP contribution in [0.3, 0.4) is 0 Å². The topological polar surface area (TPSA) is 68.5 Å². The van der Waals surface area contributed by atoms with E-state index in [9.17, 15) is 5.11 Å². The normalized spacial score (nSPS) is 21.1. The molecular formula is C12H21N3O3. The highest BCUT2D eigenvalue weighted by atomic mass is 16.5. The fraction of sp³-hybridized carbons (Fsp3) is 0.750. The van der Waals surface area contributed by atoms with Gasteiger partial charge in [0.15, 0.2) is 0 Å². The molecule has 1 aromatic heterocycles. The summed E-state index contributed by atoms with van der Waals surface area (Å²) in [5, 5.41) is 16.9. The largest absolute Gasteiger partial charge is 0.389 e. The quantitative estimate of drug-likeness (QED) is 0.737. The van der Waals surface area contributed by atoms with Crippen LogP contribution in [0.2, 0.25) is 0 Å². The standard InChI is InChI=1S/C12H21N3O3/c1-15-5-4-12(14-15)13-7-10(16)8-17-9-11-3-2-6-18-11/h4-5,10-11,16H,2-3,6-9H2,1H3,(H,13,14). The van der Waals surface area contributed by atoms with Crippen LogP contribution in [0.15, 0.2) is 12.3 Å². The molecule has 2 N–H and O–H groups in total. The van der Waals surface area contributed by atoms with Gasteiger partial charge in [-0.1, -0.05) is 0 Å². The molecule has 0 aliphatic carbocycles. The molecular weight excluding hydrogens is 234 g/mol. The predicted molar refractivity (Wildman–Crippen MR) is 67.5 cm³/mol. The molecule has 2 unspecified atom stereocenters. The number of anilines is 1. The van der Waals surface area contributed by atoms with Crippen LogP contribution in [0.4, 0.5) is 5.82 Å². The van der Waals surface area contributed by atoms with Gasteiger partial charge in [0.25, 0.3) is 0 Å². The molecule has 6 heteroatoms. The number of nitrogens with zero attached hydrogens (tertiary/aromatic N) is 2. The number of hydrogen-bond donors (Lipinski definition) is 2. The average Bonchev–Trinajstić information content (AvgIpc) is 2.98. The first kappa shape index (κ1) is 13.3. The molecule has 0 amide bonds. The summed E-state index contributed by atoms with van der Waals surface area (Å²) >= 11 is 0. The highest BCUT2D eigenvalue weighted by Gasteiger charge is 2.16. The molecule has 1 fully saturated rings. The molecule has 0 aromatic carbocycles. The van der Waals surface area contributed by atoms with E-state index in [-0.39, 0.29) is 6.10 Å². The lowest BCUT2D eigenvalue weighted by Crippen LogP contribution is -2.27. The Morgan fingerprint density at radius 2 is 2.61 bits per heavy atom. The fourth-order valence-corrected chi connectivity index (χ4v) is 1.90. The van der Waals surface area contributed by atoms with Gasteiger partial charge in [0.1, 0.15) is 5.82 Å². The van der Waals surface area contributed by atoms with Gasteiger partial charge in [-0.15, -0.1) is 0 Å². The molecule has 2 atom stereocenters. The van der Waals surface area contributed by atoms with E-state index < -0.39 is 6.10 Å². The van der Waals surface area contributed by atoms with Gasteiger partial charge >= 0.3 is 0 Å². The molecule has 0 saturated carbocycles. The minimum atomic E-state index is -0.534. The summed E-state index contributed by atoms with van der Waals surface area (Å²) in [6.07, 6.45) is 3.69. The number of rotatable bonds is 7. The van der Waals surface area contributed by atoms with Crippen molar-refractivity contribution in [2.75, 3.05) is 31.7 Å². The summed E-state index contributed by atoms with van der Waals surface area (Å²) in [7, 11) is 1.85. The summed E-state index contributed by atoms with van der Waals surface area (Å²) < 4.78 is 12.6. The fourth-order valence-electron chi connectivity index (χ4n) is 1.90. The van der Waals surface area contributed by atoms with Gasteiger partial charge in [-0.05, 0) is 12.8 Å². The number of aliphatic hydroxyl groups is 1. The lowest BCUT2D eigenvalue weighted by Gasteiger charge is -2.14. The van der Waals surface area contributed by atoms with E-state index in [0.717, 1.165) is 25.3 Å². The first-order valence-electron chi connectivity index (χ1n) is 6.35. The van der Waals surface area contributed by atoms with Gasteiger partial charge < -0.3 is 19.9 Å². The number of aliphatic hydroxyl groups excluding tert-OH is 1. The van der Waals surface area contributed by atoms with Crippen LogP contribution in [0.1, 0.15) is 12.8 Å². The van der Waals surface area contributed by atoms with Crippen LogP contribution in [0, 0.1) is 0 Å². The van der Waals surface area contributed by atoms with Gasteiger partial charge in [0.2, 0.25) is 0 Å². The minimum Gasteiger partial charge on any atom is -0.389 e. The highest BCUT2D eigenvalue weighted by molar-refractivity contribution is 5.31. The number of aromatic nitrogens is 2. The third-order valence-electron chi connectivity index (χ3n) is 2.87. The number of aryl methyl sites for hydroxylation is 1. The van der Waals surface area contributed by atoms with Crippen molar-refractivity contribution in [3.63, 3.8) is 0 Å². The molecule has 2 rings (SSSR count). The van der Waals surface area contributed by atoms with Crippen LogP contribution >= 0.6 is 0 Å². The van der Waals surface area contributed by atoms with Crippen molar-refractivity contribution in [2.24, 2.45) is 7.05 Å². The van der Waals surface area contributed by atoms with Gasteiger partial charge in [-0.25, -0.2) is 0 Å². The summed E-state index contributed by atoms with van der Waals surface area (Å²) in [5.41, 5.74) is 0. The van der Waals surface area contributed by atoms with E-state index in [1.54, 1.807) is 4.68 Å². The molecule has 0 spiro atoms. The van der Waals surface area contributed by atoms with E-state index in [1.165, 1.54) is 0 Å². The van der Waals surface area contributed by atoms with Gasteiger partial charge in [0.05, 0.1) is 25.4 Å². The Hall–Kier alpha value is -1.11. The van der Waals surface area contributed by atoms with Crippen LogP contribution in [0.25, 0.3) is 0 Å². The molecule has 0 bridgehead atoms. The molecule has 1 saturated heterocycles. The van der Waals surface area contributed by atoms with E-state index >= 15 is 0 Å². The predicted octanol–water partition coefficient (Wildman–Crippen LogP) is 0.388. The third-order valence-corrected chi connectivity index (χ3v) is 2.87. The first-order chi connectivity index (χ1) is 8.74. The van der Waals surface area contributed by atoms with Crippen LogP contribution in [-0.4, -0.2) is 53.5 Å². The van der Waals surface area contributed by atoms with E-state index in [0.29, 0.717) is 19.8 Å². The molecule has 6 nitrogen and oxygen atoms in total. The van der Waals surface area contributed by atoms with Crippen LogP contribution < -0.4 is 5.32 Å². The number of ether oxygens (including phenoxy) is 2. The zero-order chi connectivity index (χ0) is 12.8. The molecule has 102 valence electrons. The lowest BCUT2D eigenvalue weighted by atomic mass is 10.2. The molecule has 18 heavy (non-hydrogen) atoms. The van der Waals surface area contributed by atoms with Gasteiger partial charge in [0, 0.05) is 32.5 Å². The maximum absolute atomic E-state index is 9.73. The van der Waals surface area contributed by atoms with E-state index in [1.807, 2.05) is 19.3 Å². The van der Waals surface area contributed by atoms with Crippen LogP contribution in [-0.2, 0) is 16.5 Å². The maximum Gasteiger partial charge on any atom is 0.148 e. The van der Waals surface area contributed by atoms with Crippen molar-refractivity contribution in [1.29, 1.82) is 0 Å². The Kier molecular flexibility index (Phi) is 4.98. The summed E-state index contributed by atoms with van der Waals surface area (Å²) in [5.74, 6) is 0.760. The highest BCUT2D eigenvalue weighted by Crippen LogP contribution is 2.11. The monoisotopic (exact) mass is 255 g/mol. The SMILES string of the molecule is Cn1ccc(NCC(O)COCC2CCCO2)n1. The smallest absolute Gasteiger partial charge is 0.148 e. The zero-order valence-electron chi connectivity index (χ0n) is 10.7. The van der Waals surface area contributed by atoms with Crippen LogP contribution in [0.5, 0.6) is 0 Å². The molecule has 2 heterocycles. The minimum absolute atomic E-state index is 0.209. The van der Waals surface area contributed by atoms with Crippen molar-refractivity contribution < 1.29 is 14.6 Å². The second-order valence-corrected chi connectivity index (χ2v) is 4.58. The maximum atomic E-state index is 9.73. The van der Waals surface area contributed by atoms with Crippen molar-refractivity contribution >= 4 is 5.82 Å². The Labute approximate surface area is 107 Å². The summed E-state index contributed by atoms with van der Waals surface area (Å²) in [6.45, 7) is 2.15. The Bertz CT molecular complexity index is 350. The van der Waals surface area contributed by atoms with Crippen molar-refractivity contribution in [1.82, 2.24) is 9.78 Å². The van der Waals surface area contributed by atoms with E-state index in [4.69, 9.17) is 9.47 Å². The third kappa shape index (κ3) is 4.29. The molecule has 1 aliphatic rings. The average molecular weight is 255 g/mol. The van der Waals surface area contributed by atoms with Gasteiger partial charge in [-0.2, -0.15) is 5.10 Å². The summed E-state index contributed by atoms with van der Waals surface area (Å²) in [4.78, 5) is 0. The number of nitrogens with one attached hydrogen (secondary N) is 1. The second kappa shape index (κ2) is 6.72. The van der Waals surface area contributed by atoms with E-state index in [2.05, 4.69) is 10.4 Å². The Balaban J connectivity index is 1.55. The van der Waals surface area contributed by atoms with Crippen molar-refractivity contribution in [3.8, 4) is 0 Å². The molecule has 0 radical (unpaired) electrons. The molecule has 1 aromatic rings. The summed E-state index contributed by atoms with van der Waals surface area (Å²) in [6, 6.07) is 1.86. The second-order valence-electron chi connectivity index (χ2n) is 4.58. The Morgan fingerprint density at radius 1 is 1.72 bits per heavy atom. The van der Waals surface area contributed by atoms with Gasteiger partial charge in [-0.3, -0.25) is 4.68 Å². The first-order valence-corrected chi connectivity index (χ1v) is 6.35. The number of hydrogen-bond acceptors (Lipinski definition) is 5. The zero-order valence-corrected chi connectivity index (χ0v) is 10.7. The Morgan fingerprint density at radius 3 is 3.28 bits per heavy atom. The molecule has 1 aliphatic heterocycles. The van der Waals surface area contributed by atoms with Crippen molar-refractivity contribution in [2.45, 2.75) is 25.0 Å².